The topological polar surface area (TPSA) is 123 Å². The predicted octanol–water partition coefficient (Wildman–Crippen LogP) is 9.92. The molecule has 0 N–H and O–H groups in total. The fraction of sp³-hybridized carbons (Fsp3) is 0.462. The highest BCUT2D eigenvalue weighted by atomic mass is 32.3. The zero-order chi connectivity index (χ0) is 35.4. The Kier molecular flexibility index (Phi) is 13.8. The van der Waals surface area contributed by atoms with Gasteiger partial charge in [0.05, 0.1) is 23.0 Å². The van der Waals surface area contributed by atoms with Crippen LogP contribution in [0.15, 0.2) is 70.5 Å². The molecular weight excluding hydrogens is 657 g/mol. The van der Waals surface area contributed by atoms with Crippen LogP contribution in [0.3, 0.4) is 0 Å². The molecule has 0 aliphatic rings. The minimum atomic E-state index is -4.85. The fourth-order valence-electron chi connectivity index (χ4n) is 6.28. The van der Waals surface area contributed by atoms with Crippen LogP contribution in [-0.2, 0) is 19.7 Å². The molecule has 4 aromatic rings. The molecule has 0 saturated heterocycles. The molecule has 10 heteroatoms. The minimum absolute atomic E-state index is 0.274. The van der Waals surface area contributed by atoms with Crippen molar-refractivity contribution in [3.8, 4) is 11.5 Å². The lowest BCUT2D eigenvalue weighted by molar-refractivity contribution is 0.00381. The van der Waals surface area contributed by atoms with Gasteiger partial charge in [-0.1, -0.05) is 127 Å². The number of ether oxygens (including phenoxy) is 2. The van der Waals surface area contributed by atoms with Gasteiger partial charge in [-0.3, -0.25) is 0 Å². The summed E-state index contributed by atoms with van der Waals surface area (Å²) in [5.74, 6) is 1.10. The van der Waals surface area contributed by atoms with E-state index in [1.54, 1.807) is 62.4 Å². The van der Waals surface area contributed by atoms with E-state index in [1.807, 2.05) is 0 Å². The highest BCUT2D eigenvalue weighted by Crippen LogP contribution is 2.39. The van der Waals surface area contributed by atoms with Gasteiger partial charge in [-0.25, -0.2) is 16.8 Å². The van der Waals surface area contributed by atoms with Gasteiger partial charge >= 0.3 is 4.38 Å². The van der Waals surface area contributed by atoms with Crippen molar-refractivity contribution in [3.05, 3.63) is 77.3 Å². The monoisotopic (exact) mass is 706 g/mol. The van der Waals surface area contributed by atoms with E-state index in [4.69, 9.17) is 9.47 Å². The molecule has 4 aromatic carbocycles. The van der Waals surface area contributed by atoms with Gasteiger partial charge < -0.3 is 15.0 Å². The summed E-state index contributed by atoms with van der Waals surface area (Å²) >= 11 is 0. The molecule has 0 heterocycles. The van der Waals surface area contributed by atoms with E-state index in [1.165, 1.54) is 50.7 Å². The predicted molar refractivity (Wildman–Crippen MR) is 198 cm³/mol. The maximum atomic E-state index is 14.3. The standard InChI is InChI=1S/C39H50N2O6S2/c1-5-7-9-11-13-19-25-46-37-29(3)27-35(31-21-15-17-23-33(31)37)48(42,43)39(41-40)49(44,45)36-28-30(4)38(34-24-18-16-22-32(34)36)47-26-20-14-12-10-8-6-2/h15-18,21-24,27-28H,5-14,19-20,25-26H2,1-4H3. The van der Waals surface area contributed by atoms with E-state index in [2.05, 4.69) is 18.6 Å². The third-order valence-electron chi connectivity index (χ3n) is 8.89. The molecule has 4 rings (SSSR count). The van der Waals surface area contributed by atoms with Gasteiger partial charge in [0.2, 0.25) is 0 Å². The van der Waals surface area contributed by atoms with Gasteiger partial charge in [0, 0.05) is 21.5 Å². The Labute approximate surface area is 292 Å². The van der Waals surface area contributed by atoms with E-state index in [-0.39, 0.29) is 20.6 Å². The highest BCUT2D eigenvalue weighted by molar-refractivity contribution is 8.31. The normalized spacial score (nSPS) is 11.9. The number of nitrogens with zero attached hydrogens (tertiary/aromatic N) is 2. The average Bonchev–Trinajstić information content (AvgIpc) is 3.08. The Bertz CT molecular complexity index is 1880. The van der Waals surface area contributed by atoms with Gasteiger partial charge in [-0.15, -0.1) is 4.79 Å². The zero-order valence-electron chi connectivity index (χ0n) is 29.3. The second-order valence-electron chi connectivity index (χ2n) is 12.7. The van der Waals surface area contributed by atoms with Gasteiger partial charge in [-0.05, 0) is 49.9 Å². The Balaban J connectivity index is 1.67. The van der Waals surface area contributed by atoms with Crippen molar-refractivity contribution in [2.75, 3.05) is 13.2 Å². The number of rotatable bonds is 18. The molecule has 0 aliphatic heterocycles. The van der Waals surface area contributed by atoms with E-state index in [9.17, 15) is 22.4 Å². The number of fused-ring (bicyclic) bond motifs is 2. The van der Waals surface area contributed by atoms with E-state index in [0.717, 1.165) is 38.5 Å². The minimum Gasteiger partial charge on any atom is -0.493 e. The Morgan fingerprint density at radius 1 is 0.571 bits per heavy atom. The molecule has 49 heavy (non-hydrogen) atoms. The van der Waals surface area contributed by atoms with Crippen LogP contribution in [0, 0.1) is 13.8 Å². The lowest BCUT2D eigenvalue weighted by atomic mass is 10.1. The summed E-state index contributed by atoms with van der Waals surface area (Å²) in [5.41, 5.74) is 11.2. The van der Waals surface area contributed by atoms with Crippen LogP contribution in [0.5, 0.6) is 11.5 Å². The molecule has 0 spiro atoms. The third-order valence-corrected chi connectivity index (χ3v) is 13.1. The summed E-state index contributed by atoms with van der Waals surface area (Å²) < 4.78 is 68.1. The first kappa shape index (κ1) is 38.1. The smallest absolute Gasteiger partial charge is 0.493 e. The van der Waals surface area contributed by atoms with Crippen molar-refractivity contribution in [3.63, 3.8) is 0 Å². The van der Waals surface area contributed by atoms with Crippen LogP contribution >= 0.6 is 0 Å². The molecule has 0 radical (unpaired) electrons. The highest BCUT2D eigenvalue weighted by Gasteiger charge is 2.46. The first-order chi connectivity index (χ1) is 23.6. The second kappa shape index (κ2) is 17.8. The molecule has 8 nitrogen and oxygen atoms in total. The summed E-state index contributed by atoms with van der Waals surface area (Å²) in [6, 6.07) is 16.4. The van der Waals surface area contributed by atoms with Gasteiger partial charge in [0.25, 0.3) is 19.7 Å². The molecule has 0 amide bonds. The van der Waals surface area contributed by atoms with Crippen LogP contribution in [0.4, 0.5) is 0 Å². The molecule has 0 unspecified atom stereocenters. The molecule has 0 aromatic heterocycles. The lowest BCUT2D eigenvalue weighted by Crippen LogP contribution is -2.27. The Morgan fingerprint density at radius 2 is 0.918 bits per heavy atom. The van der Waals surface area contributed by atoms with Crippen molar-refractivity contribution in [1.29, 1.82) is 0 Å². The molecular formula is C39H50N2O6S2. The summed E-state index contributed by atoms with van der Waals surface area (Å²) in [6.07, 6.45) is 13.2. The maximum absolute atomic E-state index is 14.3. The molecule has 0 saturated carbocycles. The number of hydrogen-bond donors (Lipinski definition) is 0. The molecule has 0 fully saturated rings. The Morgan fingerprint density at radius 3 is 1.29 bits per heavy atom. The summed E-state index contributed by atoms with van der Waals surface area (Å²) in [4.78, 5) is 2.41. The van der Waals surface area contributed by atoms with E-state index >= 15 is 0 Å². The van der Waals surface area contributed by atoms with Gasteiger partial charge in [0.15, 0.2) is 0 Å². The van der Waals surface area contributed by atoms with Crippen molar-refractivity contribution in [2.45, 2.75) is 115 Å². The number of unbranched alkanes of at least 4 members (excludes halogenated alkanes) is 10. The average molecular weight is 707 g/mol. The first-order valence-electron chi connectivity index (χ1n) is 17.6. The summed E-state index contributed by atoms with van der Waals surface area (Å²) in [5, 5.41) is 1.63. The quantitative estimate of drug-likeness (QED) is 0.0334. The number of hydrogen-bond acceptors (Lipinski definition) is 6. The SMILES string of the molecule is CCCCCCCCOc1c(C)cc(S(=O)(=O)C(=[N+]=[N-])S(=O)(=O)c2cc(C)c(OCCCCCCCC)c3ccccc23)c2ccccc12. The van der Waals surface area contributed by atoms with Crippen LogP contribution in [0.25, 0.3) is 27.1 Å². The molecule has 0 bridgehead atoms. The second-order valence-corrected chi connectivity index (χ2v) is 16.7. The molecule has 0 atom stereocenters. The third kappa shape index (κ3) is 8.91. The van der Waals surface area contributed by atoms with Crippen molar-refractivity contribution in [2.24, 2.45) is 0 Å². The van der Waals surface area contributed by atoms with Crippen molar-refractivity contribution in [1.82, 2.24) is 0 Å². The van der Waals surface area contributed by atoms with Crippen molar-refractivity contribution < 1.29 is 31.1 Å². The number of benzene rings is 4. The van der Waals surface area contributed by atoms with Crippen LogP contribution in [0.1, 0.15) is 102 Å². The first-order valence-corrected chi connectivity index (χ1v) is 20.6. The van der Waals surface area contributed by atoms with E-state index < -0.39 is 24.1 Å². The summed E-state index contributed by atoms with van der Waals surface area (Å²) in [7, 11) is -9.71. The van der Waals surface area contributed by atoms with Crippen LogP contribution in [0.2, 0.25) is 0 Å². The van der Waals surface area contributed by atoms with E-state index in [0.29, 0.717) is 46.6 Å². The van der Waals surface area contributed by atoms with Crippen LogP contribution in [-0.4, -0.2) is 39.2 Å². The van der Waals surface area contributed by atoms with Crippen molar-refractivity contribution >= 4 is 45.6 Å². The maximum Gasteiger partial charge on any atom is 0.504 e. The lowest BCUT2D eigenvalue weighted by Gasteiger charge is -2.16. The van der Waals surface area contributed by atoms with Crippen LogP contribution < -0.4 is 9.47 Å². The largest absolute Gasteiger partial charge is 0.504 e. The molecule has 264 valence electrons. The molecule has 0 aliphatic carbocycles. The fourth-order valence-corrected chi connectivity index (χ4v) is 10.2. The number of sulfone groups is 2. The Hall–Kier alpha value is -3.72. The number of aryl methyl sites for hydroxylation is 2. The summed E-state index contributed by atoms with van der Waals surface area (Å²) in [6.45, 7) is 8.77. The van der Waals surface area contributed by atoms with Gasteiger partial charge in [0.1, 0.15) is 11.5 Å². The van der Waals surface area contributed by atoms with Gasteiger partial charge in [-0.2, -0.15) is 0 Å². The zero-order valence-corrected chi connectivity index (χ0v) is 31.0.